The molecular formula is C8H12ClN3. The third kappa shape index (κ3) is 2.01. The van der Waals surface area contributed by atoms with Crippen LogP contribution in [-0.4, -0.2) is 11.0 Å². The number of anilines is 2. The average molecular weight is 186 g/mol. The molecule has 1 saturated carbocycles. The van der Waals surface area contributed by atoms with Crippen LogP contribution in [0.25, 0.3) is 0 Å². The van der Waals surface area contributed by atoms with Crippen molar-refractivity contribution in [3.63, 3.8) is 0 Å². The first-order chi connectivity index (χ1) is 5.36. The van der Waals surface area contributed by atoms with Gasteiger partial charge in [0.2, 0.25) is 0 Å². The van der Waals surface area contributed by atoms with Gasteiger partial charge in [-0.3, -0.25) is 4.98 Å². The molecule has 12 heavy (non-hydrogen) atoms. The quantitative estimate of drug-likeness (QED) is 0.737. The number of hydrogen-bond acceptors (Lipinski definition) is 3. The van der Waals surface area contributed by atoms with Crippen LogP contribution in [0.4, 0.5) is 11.4 Å². The second-order valence-corrected chi connectivity index (χ2v) is 2.88. The molecule has 0 unspecified atom stereocenters. The molecule has 0 spiro atoms. The van der Waals surface area contributed by atoms with Crippen molar-refractivity contribution >= 4 is 23.8 Å². The number of nitrogens with zero attached hydrogens (tertiary/aromatic N) is 1. The van der Waals surface area contributed by atoms with Gasteiger partial charge in [-0.1, -0.05) is 0 Å². The third-order valence-electron chi connectivity index (χ3n) is 1.79. The topological polar surface area (TPSA) is 50.9 Å². The van der Waals surface area contributed by atoms with Crippen LogP contribution < -0.4 is 11.1 Å². The lowest BCUT2D eigenvalue weighted by Crippen LogP contribution is -2.03. The minimum absolute atomic E-state index is 0. The molecule has 0 atom stereocenters. The normalized spacial score (nSPS) is 15.0. The zero-order chi connectivity index (χ0) is 7.68. The van der Waals surface area contributed by atoms with E-state index in [-0.39, 0.29) is 12.4 Å². The minimum Gasteiger partial charge on any atom is -0.396 e. The molecule has 0 radical (unpaired) electrons. The largest absolute Gasteiger partial charge is 0.396 e. The molecule has 2 rings (SSSR count). The lowest BCUT2D eigenvalue weighted by molar-refractivity contribution is 1.15. The van der Waals surface area contributed by atoms with Crippen molar-refractivity contribution in [3.8, 4) is 0 Å². The van der Waals surface area contributed by atoms with Crippen LogP contribution in [0.3, 0.4) is 0 Å². The molecule has 1 heterocycles. The molecule has 0 amide bonds. The molecule has 1 aromatic heterocycles. The number of rotatable bonds is 2. The third-order valence-corrected chi connectivity index (χ3v) is 1.79. The van der Waals surface area contributed by atoms with Gasteiger partial charge in [0.05, 0.1) is 17.6 Å². The number of hydrogen-bond donors (Lipinski definition) is 2. The first-order valence-electron chi connectivity index (χ1n) is 3.82. The van der Waals surface area contributed by atoms with E-state index in [0.717, 1.165) is 11.4 Å². The summed E-state index contributed by atoms with van der Waals surface area (Å²) in [5, 5.41) is 3.32. The van der Waals surface area contributed by atoms with E-state index in [9.17, 15) is 0 Å². The number of aromatic nitrogens is 1. The molecule has 0 aliphatic heterocycles. The SMILES string of the molecule is Cl.Nc1cnccc1NC1CC1. The van der Waals surface area contributed by atoms with E-state index in [1.54, 1.807) is 12.4 Å². The zero-order valence-electron chi connectivity index (χ0n) is 6.66. The van der Waals surface area contributed by atoms with E-state index in [2.05, 4.69) is 10.3 Å². The van der Waals surface area contributed by atoms with Gasteiger partial charge in [-0.25, -0.2) is 0 Å². The minimum atomic E-state index is 0. The predicted octanol–water partition coefficient (Wildman–Crippen LogP) is 1.66. The molecular weight excluding hydrogens is 174 g/mol. The number of nitrogens with two attached hydrogens (primary N) is 1. The Kier molecular flexibility index (Phi) is 2.76. The van der Waals surface area contributed by atoms with E-state index in [4.69, 9.17) is 5.73 Å². The summed E-state index contributed by atoms with van der Waals surface area (Å²) in [5.74, 6) is 0. The molecule has 1 aliphatic rings. The van der Waals surface area contributed by atoms with Crippen LogP contribution in [0.15, 0.2) is 18.5 Å². The molecule has 1 fully saturated rings. The van der Waals surface area contributed by atoms with Crippen molar-refractivity contribution < 1.29 is 0 Å². The first-order valence-corrected chi connectivity index (χ1v) is 3.82. The van der Waals surface area contributed by atoms with Crippen molar-refractivity contribution in [2.24, 2.45) is 0 Å². The molecule has 4 heteroatoms. The first kappa shape index (κ1) is 9.13. The van der Waals surface area contributed by atoms with Crippen molar-refractivity contribution in [2.75, 3.05) is 11.1 Å². The van der Waals surface area contributed by atoms with Crippen LogP contribution in [0.5, 0.6) is 0 Å². The second kappa shape index (κ2) is 3.63. The molecule has 0 bridgehead atoms. The fourth-order valence-corrected chi connectivity index (χ4v) is 0.986. The molecule has 66 valence electrons. The summed E-state index contributed by atoms with van der Waals surface area (Å²) < 4.78 is 0. The Labute approximate surface area is 77.8 Å². The molecule has 0 saturated heterocycles. The van der Waals surface area contributed by atoms with Gasteiger partial charge in [-0.2, -0.15) is 0 Å². The van der Waals surface area contributed by atoms with Crippen molar-refractivity contribution in [2.45, 2.75) is 18.9 Å². The van der Waals surface area contributed by atoms with Gasteiger partial charge in [0.25, 0.3) is 0 Å². The highest BCUT2D eigenvalue weighted by atomic mass is 35.5. The molecule has 3 nitrogen and oxygen atoms in total. The van der Waals surface area contributed by atoms with Gasteiger partial charge in [-0.15, -0.1) is 12.4 Å². The maximum absolute atomic E-state index is 5.67. The van der Waals surface area contributed by atoms with E-state index >= 15 is 0 Å². The smallest absolute Gasteiger partial charge is 0.0736 e. The fraction of sp³-hybridized carbons (Fsp3) is 0.375. The van der Waals surface area contributed by atoms with Crippen molar-refractivity contribution in [1.29, 1.82) is 0 Å². The number of halogens is 1. The van der Waals surface area contributed by atoms with E-state index in [1.807, 2.05) is 6.07 Å². The Bertz CT molecular complexity index is 260. The summed E-state index contributed by atoms with van der Waals surface area (Å²) in [6, 6.07) is 2.56. The second-order valence-electron chi connectivity index (χ2n) is 2.88. The summed E-state index contributed by atoms with van der Waals surface area (Å²) in [6.07, 6.45) is 5.95. The summed E-state index contributed by atoms with van der Waals surface area (Å²) in [5.41, 5.74) is 7.42. The van der Waals surface area contributed by atoms with E-state index in [1.165, 1.54) is 12.8 Å². The van der Waals surface area contributed by atoms with Crippen LogP contribution >= 0.6 is 12.4 Å². The Hall–Kier alpha value is -0.960. The highest BCUT2D eigenvalue weighted by Gasteiger charge is 2.21. The van der Waals surface area contributed by atoms with Crippen LogP contribution in [-0.2, 0) is 0 Å². The average Bonchev–Trinajstić information content (AvgIpc) is 2.78. The Morgan fingerprint density at radius 3 is 2.83 bits per heavy atom. The highest BCUT2D eigenvalue weighted by molar-refractivity contribution is 5.85. The summed E-state index contributed by atoms with van der Waals surface area (Å²) in [6.45, 7) is 0. The molecule has 1 aromatic rings. The predicted molar refractivity (Wildman–Crippen MR) is 52.5 cm³/mol. The van der Waals surface area contributed by atoms with Gasteiger partial charge in [0.15, 0.2) is 0 Å². The standard InChI is InChI=1S/C8H11N3.ClH/c9-7-5-10-4-3-8(7)11-6-1-2-6;/h3-6H,1-2,9H2,(H,10,11);1H. The lowest BCUT2D eigenvalue weighted by Gasteiger charge is -2.05. The summed E-state index contributed by atoms with van der Waals surface area (Å²) in [4.78, 5) is 3.91. The summed E-state index contributed by atoms with van der Waals surface area (Å²) in [7, 11) is 0. The zero-order valence-corrected chi connectivity index (χ0v) is 7.47. The Morgan fingerprint density at radius 1 is 1.50 bits per heavy atom. The number of pyridine rings is 1. The van der Waals surface area contributed by atoms with Crippen LogP contribution in [0.1, 0.15) is 12.8 Å². The molecule has 1 aliphatic carbocycles. The lowest BCUT2D eigenvalue weighted by atomic mass is 10.3. The monoisotopic (exact) mass is 185 g/mol. The number of nitrogens with one attached hydrogen (secondary N) is 1. The summed E-state index contributed by atoms with van der Waals surface area (Å²) >= 11 is 0. The van der Waals surface area contributed by atoms with Crippen molar-refractivity contribution in [3.05, 3.63) is 18.5 Å². The van der Waals surface area contributed by atoms with Gasteiger partial charge in [0, 0.05) is 12.2 Å². The Balaban J connectivity index is 0.000000720. The Morgan fingerprint density at radius 2 is 2.25 bits per heavy atom. The highest BCUT2D eigenvalue weighted by Crippen LogP contribution is 2.26. The fourth-order valence-electron chi connectivity index (χ4n) is 0.986. The van der Waals surface area contributed by atoms with Crippen molar-refractivity contribution in [1.82, 2.24) is 4.98 Å². The molecule has 3 N–H and O–H groups in total. The van der Waals surface area contributed by atoms with Gasteiger partial charge in [-0.05, 0) is 18.9 Å². The molecule has 0 aromatic carbocycles. The van der Waals surface area contributed by atoms with Gasteiger partial charge in [0.1, 0.15) is 0 Å². The van der Waals surface area contributed by atoms with Gasteiger partial charge >= 0.3 is 0 Å². The maximum atomic E-state index is 5.67. The van der Waals surface area contributed by atoms with E-state index < -0.39 is 0 Å². The van der Waals surface area contributed by atoms with Crippen LogP contribution in [0.2, 0.25) is 0 Å². The van der Waals surface area contributed by atoms with Gasteiger partial charge < -0.3 is 11.1 Å². The maximum Gasteiger partial charge on any atom is 0.0736 e. The number of nitrogen functional groups attached to an aromatic ring is 1. The van der Waals surface area contributed by atoms with E-state index in [0.29, 0.717) is 6.04 Å². The van der Waals surface area contributed by atoms with Crippen LogP contribution in [0, 0.1) is 0 Å².